The van der Waals surface area contributed by atoms with Gasteiger partial charge in [0, 0.05) is 11.1 Å². The normalized spacial score (nSPS) is 11.1. The number of aromatic nitrogens is 1. The molecular formula is C12H12F2N2O. The van der Waals surface area contributed by atoms with Crippen LogP contribution in [0.5, 0.6) is 5.75 Å². The van der Waals surface area contributed by atoms with Crippen molar-refractivity contribution in [3.05, 3.63) is 29.5 Å². The summed E-state index contributed by atoms with van der Waals surface area (Å²) in [5, 5.41) is 0.661. The van der Waals surface area contributed by atoms with Crippen molar-refractivity contribution in [2.75, 3.05) is 12.8 Å². The number of benzene rings is 1. The molecule has 0 spiro atoms. The average molecular weight is 238 g/mol. The van der Waals surface area contributed by atoms with Gasteiger partial charge in [-0.1, -0.05) is 6.07 Å². The van der Waals surface area contributed by atoms with Gasteiger partial charge in [-0.3, -0.25) is 0 Å². The lowest BCUT2D eigenvalue weighted by Gasteiger charge is -2.11. The van der Waals surface area contributed by atoms with E-state index in [0.717, 1.165) is 5.56 Å². The average Bonchev–Trinajstić information content (AvgIpc) is 2.28. The van der Waals surface area contributed by atoms with Crippen molar-refractivity contribution < 1.29 is 13.5 Å². The van der Waals surface area contributed by atoms with E-state index in [9.17, 15) is 8.78 Å². The van der Waals surface area contributed by atoms with E-state index in [2.05, 4.69) is 4.98 Å². The van der Waals surface area contributed by atoms with Crippen LogP contribution in [0.3, 0.4) is 0 Å². The summed E-state index contributed by atoms with van der Waals surface area (Å²) >= 11 is 0. The molecule has 2 N–H and O–H groups in total. The van der Waals surface area contributed by atoms with E-state index >= 15 is 0 Å². The molecule has 1 heterocycles. The molecule has 0 saturated heterocycles. The van der Waals surface area contributed by atoms with Gasteiger partial charge in [0.2, 0.25) is 0 Å². The Morgan fingerprint density at radius 3 is 2.65 bits per heavy atom. The molecule has 0 aliphatic carbocycles. The lowest BCUT2D eigenvalue weighted by molar-refractivity contribution is 0.146. The molecule has 90 valence electrons. The van der Waals surface area contributed by atoms with Crippen LogP contribution in [-0.2, 0) is 0 Å². The summed E-state index contributed by atoms with van der Waals surface area (Å²) in [6, 6.07) is 4.72. The van der Waals surface area contributed by atoms with E-state index in [1.807, 2.05) is 13.0 Å². The number of methoxy groups -OCH3 is 1. The molecule has 0 saturated carbocycles. The lowest BCUT2D eigenvalue weighted by Crippen LogP contribution is -1.99. The van der Waals surface area contributed by atoms with Crippen LogP contribution in [0.1, 0.15) is 17.7 Å². The maximum Gasteiger partial charge on any atom is 0.280 e. The van der Waals surface area contributed by atoms with Crippen LogP contribution in [0.2, 0.25) is 0 Å². The highest BCUT2D eigenvalue weighted by atomic mass is 19.3. The molecule has 5 heteroatoms. The highest BCUT2D eigenvalue weighted by molar-refractivity contribution is 5.96. The molecule has 0 aliphatic rings. The summed E-state index contributed by atoms with van der Waals surface area (Å²) in [6.45, 7) is 1.85. The molecule has 2 aromatic rings. The first-order valence-corrected chi connectivity index (χ1v) is 5.06. The van der Waals surface area contributed by atoms with E-state index < -0.39 is 6.43 Å². The van der Waals surface area contributed by atoms with Gasteiger partial charge in [0.1, 0.15) is 17.0 Å². The molecule has 0 fully saturated rings. The molecule has 0 atom stereocenters. The third-order valence-corrected chi connectivity index (χ3v) is 2.63. The third-order valence-electron chi connectivity index (χ3n) is 2.63. The second-order valence-corrected chi connectivity index (χ2v) is 3.75. The Morgan fingerprint density at radius 2 is 2.06 bits per heavy atom. The van der Waals surface area contributed by atoms with Crippen LogP contribution in [-0.4, -0.2) is 12.1 Å². The maximum absolute atomic E-state index is 12.7. The number of aryl methyl sites for hydroxylation is 1. The van der Waals surface area contributed by atoms with Crippen LogP contribution in [0.25, 0.3) is 10.9 Å². The van der Waals surface area contributed by atoms with Crippen LogP contribution >= 0.6 is 0 Å². The van der Waals surface area contributed by atoms with Crippen molar-refractivity contribution in [2.45, 2.75) is 13.3 Å². The van der Waals surface area contributed by atoms with Crippen LogP contribution in [0.4, 0.5) is 14.5 Å². The molecule has 1 aromatic heterocycles. The number of nitrogen functional groups attached to an aromatic ring is 1. The first kappa shape index (κ1) is 11.6. The van der Waals surface area contributed by atoms with Gasteiger partial charge in [0.05, 0.1) is 7.11 Å². The molecule has 17 heavy (non-hydrogen) atoms. The molecule has 0 radical (unpaired) electrons. The Balaban J connectivity index is 2.85. The van der Waals surface area contributed by atoms with Crippen molar-refractivity contribution >= 4 is 16.6 Å². The molecule has 3 nitrogen and oxygen atoms in total. The molecule has 0 amide bonds. The summed E-state index contributed by atoms with van der Waals surface area (Å²) in [4.78, 5) is 3.91. The van der Waals surface area contributed by atoms with Crippen molar-refractivity contribution in [2.24, 2.45) is 0 Å². The fourth-order valence-corrected chi connectivity index (χ4v) is 1.82. The largest absolute Gasteiger partial charge is 0.494 e. The van der Waals surface area contributed by atoms with Crippen LogP contribution in [0, 0.1) is 6.92 Å². The first-order chi connectivity index (χ1) is 8.04. The van der Waals surface area contributed by atoms with Gasteiger partial charge in [0.25, 0.3) is 6.43 Å². The highest BCUT2D eigenvalue weighted by Crippen LogP contribution is 2.33. The highest BCUT2D eigenvalue weighted by Gasteiger charge is 2.15. The number of nitrogens with zero attached hydrogens (tertiary/aromatic N) is 1. The zero-order valence-electron chi connectivity index (χ0n) is 9.50. The Bertz CT molecular complexity index is 570. The minimum absolute atomic E-state index is 0.293. The van der Waals surface area contributed by atoms with Gasteiger partial charge in [-0.15, -0.1) is 0 Å². The Kier molecular flexibility index (Phi) is 2.83. The number of hydrogen-bond donors (Lipinski definition) is 1. The number of fused-ring (bicyclic) bond motifs is 1. The number of ether oxygens (including phenoxy) is 1. The molecule has 0 aliphatic heterocycles. The predicted octanol–water partition coefficient (Wildman–Crippen LogP) is 3.07. The van der Waals surface area contributed by atoms with Gasteiger partial charge in [-0.05, 0) is 24.6 Å². The summed E-state index contributed by atoms with van der Waals surface area (Å²) < 4.78 is 30.4. The van der Waals surface area contributed by atoms with Gasteiger partial charge < -0.3 is 10.5 Å². The summed E-state index contributed by atoms with van der Waals surface area (Å²) in [7, 11) is 1.47. The van der Waals surface area contributed by atoms with Crippen molar-refractivity contribution in [3.8, 4) is 5.75 Å². The molecular weight excluding hydrogens is 226 g/mol. The molecule has 0 bridgehead atoms. The van der Waals surface area contributed by atoms with E-state index in [-0.39, 0.29) is 5.69 Å². The standard InChI is InChI=1S/C12H12F2N2O/c1-6-3-4-9(17-2)11-10(6)7(15)5-8(16-11)12(13)14/h3-5,12H,1-2H3,(H2,15,16). The SMILES string of the molecule is COc1ccc(C)c2c(N)cc(C(F)F)nc12. The van der Waals surface area contributed by atoms with E-state index in [0.29, 0.717) is 22.3 Å². The summed E-state index contributed by atoms with van der Waals surface area (Å²) in [5.41, 5.74) is 7.01. The number of nitrogens with two attached hydrogens (primary N) is 1. The van der Waals surface area contributed by atoms with Crippen molar-refractivity contribution in [1.29, 1.82) is 0 Å². The van der Waals surface area contributed by atoms with E-state index in [1.165, 1.54) is 13.2 Å². The van der Waals surface area contributed by atoms with Crippen molar-refractivity contribution in [1.82, 2.24) is 4.98 Å². The third kappa shape index (κ3) is 1.88. The quantitative estimate of drug-likeness (QED) is 0.874. The second kappa shape index (κ2) is 4.16. The Hall–Kier alpha value is -1.91. The number of rotatable bonds is 2. The number of anilines is 1. The number of alkyl halides is 2. The number of hydrogen-bond acceptors (Lipinski definition) is 3. The molecule has 2 rings (SSSR count). The molecule has 0 unspecified atom stereocenters. The minimum atomic E-state index is -2.65. The fraction of sp³-hybridized carbons (Fsp3) is 0.250. The summed E-state index contributed by atoms with van der Waals surface area (Å²) in [5.74, 6) is 0.444. The zero-order valence-corrected chi connectivity index (χ0v) is 9.50. The zero-order chi connectivity index (χ0) is 12.6. The predicted molar refractivity (Wildman–Crippen MR) is 62.4 cm³/mol. The van der Waals surface area contributed by atoms with Gasteiger partial charge in [-0.25, -0.2) is 13.8 Å². The maximum atomic E-state index is 12.7. The summed E-state index contributed by atoms with van der Waals surface area (Å²) in [6.07, 6.45) is -2.65. The lowest BCUT2D eigenvalue weighted by atomic mass is 10.1. The fourth-order valence-electron chi connectivity index (χ4n) is 1.82. The molecule has 1 aromatic carbocycles. The minimum Gasteiger partial charge on any atom is -0.494 e. The first-order valence-electron chi connectivity index (χ1n) is 5.06. The number of pyridine rings is 1. The van der Waals surface area contributed by atoms with E-state index in [1.54, 1.807) is 6.07 Å². The Labute approximate surface area is 97.2 Å². The van der Waals surface area contributed by atoms with Gasteiger partial charge >= 0.3 is 0 Å². The smallest absolute Gasteiger partial charge is 0.280 e. The monoisotopic (exact) mass is 238 g/mol. The van der Waals surface area contributed by atoms with Gasteiger partial charge in [-0.2, -0.15) is 0 Å². The number of halogens is 2. The van der Waals surface area contributed by atoms with Gasteiger partial charge in [0.15, 0.2) is 0 Å². The topological polar surface area (TPSA) is 48.1 Å². The van der Waals surface area contributed by atoms with Crippen molar-refractivity contribution in [3.63, 3.8) is 0 Å². The van der Waals surface area contributed by atoms with E-state index in [4.69, 9.17) is 10.5 Å². The Morgan fingerprint density at radius 1 is 1.35 bits per heavy atom. The van der Waals surface area contributed by atoms with Crippen LogP contribution in [0.15, 0.2) is 18.2 Å². The van der Waals surface area contributed by atoms with Crippen LogP contribution < -0.4 is 10.5 Å². The second-order valence-electron chi connectivity index (χ2n) is 3.75.